The summed E-state index contributed by atoms with van der Waals surface area (Å²) in [5, 5.41) is 7.23. The maximum Gasteiger partial charge on any atom is 0.226 e. The van der Waals surface area contributed by atoms with Crippen LogP contribution in [0.15, 0.2) is 4.52 Å². The van der Waals surface area contributed by atoms with E-state index >= 15 is 0 Å². The van der Waals surface area contributed by atoms with Gasteiger partial charge in [0.15, 0.2) is 5.82 Å². The van der Waals surface area contributed by atoms with Gasteiger partial charge in [-0.1, -0.05) is 5.16 Å². The van der Waals surface area contributed by atoms with Crippen LogP contribution in [-0.2, 0) is 17.6 Å². The average molecular weight is 211 g/mol. The van der Waals surface area contributed by atoms with Crippen molar-refractivity contribution in [3.05, 3.63) is 11.7 Å². The second-order valence-corrected chi connectivity index (χ2v) is 3.91. The summed E-state index contributed by atoms with van der Waals surface area (Å²) >= 11 is 0. The Hall–Kier alpha value is -0.940. The van der Waals surface area contributed by atoms with E-state index in [4.69, 9.17) is 9.26 Å². The van der Waals surface area contributed by atoms with Crippen LogP contribution in [0.5, 0.6) is 0 Å². The van der Waals surface area contributed by atoms with E-state index in [1.165, 1.54) is 6.42 Å². The Morgan fingerprint density at radius 3 is 3.27 bits per heavy atom. The number of ether oxygens (including phenoxy) is 1. The van der Waals surface area contributed by atoms with Crippen LogP contribution in [0, 0.1) is 5.92 Å². The van der Waals surface area contributed by atoms with E-state index in [-0.39, 0.29) is 0 Å². The van der Waals surface area contributed by atoms with Crippen LogP contribution in [0.1, 0.15) is 18.1 Å². The summed E-state index contributed by atoms with van der Waals surface area (Å²) < 4.78 is 10.1. The first kappa shape index (κ1) is 10.6. The molecule has 1 saturated heterocycles. The fraction of sp³-hybridized carbons (Fsp3) is 0.800. The molecular formula is C10H17N3O2. The van der Waals surface area contributed by atoms with Gasteiger partial charge in [-0.25, -0.2) is 0 Å². The van der Waals surface area contributed by atoms with Crippen LogP contribution in [0.3, 0.4) is 0 Å². The second-order valence-electron chi connectivity index (χ2n) is 3.91. The summed E-state index contributed by atoms with van der Waals surface area (Å²) in [4.78, 5) is 4.33. The molecule has 1 fully saturated rings. The lowest BCUT2D eigenvalue weighted by Crippen LogP contribution is -2.10. The highest BCUT2D eigenvalue weighted by molar-refractivity contribution is 4.89. The first-order chi connectivity index (χ1) is 7.38. The van der Waals surface area contributed by atoms with Gasteiger partial charge in [0.1, 0.15) is 0 Å². The number of nitrogens with zero attached hydrogens (tertiary/aromatic N) is 2. The summed E-state index contributed by atoms with van der Waals surface area (Å²) in [6.45, 7) is 2.81. The maximum atomic E-state index is 5.18. The van der Waals surface area contributed by atoms with Gasteiger partial charge in [-0.2, -0.15) is 4.98 Å². The summed E-state index contributed by atoms with van der Waals surface area (Å²) in [7, 11) is 1.67. The molecular weight excluding hydrogens is 194 g/mol. The van der Waals surface area contributed by atoms with Crippen molar-refractivity contribution in [1.29, 1.82) is 0 Å². The number of aromatic nitrogens is 2. The molecule has 1 aromatic heterocycles. The largest absolute Gasteiger partial charge is 0.384 e. The fourth-order valence-corrected chi connectivity index (χ4v) is 1.80. The number of nitrogens with one attached hydrogen (secondary N) is 1. The van der Waals surface area contributed by atoms with Crippen molar-refractivity contribution in [2.45, 2.75) is 19.3 Å². The summed E-state index contributed by atoms with van der Waals surface area (Å²) in [6, 6.07) is 0. The quantitative estimate of drug-likeness (QED) is 0.764. The van der Waals surface area contributed by atoms with Gasteiger partial charge in [0.05, 0.1) is 6.61 Å². The van der Waals surface area contributed by atoms with E-state index < -0.39 is 0 Å². The normalized spacial score (nSPS) is 21.0. The molecule has 0 saturated carbocycles. The first-order valence-corrected chi connectivity index (χ1v) is 5.39. The van der Waals surface area contributed by atoms with Crippen molar-refractivity contribution in [3.63, 3.8) is 0 Å². The Balaban J connectivity index is 1.83. The minimum absolute atomic E-state index is 0.643. The molecule has 5 heteroatoms. The zero-order chi connectivity index (χ0) is 10.5. The minimum atomic E-state index is 0.643. The Kier molecular flexibility index (Phi) is 3.69. The predicted molar refractivity (Wildman–Crippen MR) is 54.6 cm³/mol. The molecule has 15 heavy (non-hydrogen) atoms. The Morgan fingerprint density at radius 1 is 1.60 bits per heavy atom. The molecule has 84 valence electrons. The van der Waals surface area contributed by atoms with Gasteiger partial charge in [-0.15, -0.1) is 0 Å². The average Bonchev–Trinajstić information content (AvgIpc) is 2.87. The standard InChI is InChI=1S/C10H17N3O2/c1-14-5-3-9-12-10(15-13-9)6-8-2-4-11-7-8/h8,11H,2-7H2,1H3. The van der Waals surface area contributed by atoms with Crippen molar-refractivity contribution in [2.75, 3.05) is 26.8 Å². The van der Waals surface area contributed by atoms with E-state index in [0.29, 0.717) is 12.5 Å². The van der Waals surface area contributed by atoms with E-state index in [2.05, 4.69) is 15.5 Å². The molecule has 1 aromatic rings. The molecule has 0 bridgehead atoms. The molecule has 0 spiro atoms. The van der Waals surface area contributed by atoms with Gasteiger partial charge in [0.2, 0.25) is 5.89 Å². The Bertz CT molecular complexity index is 295. The van der Waals surface area contributed by atoms with Gasteiger partial charge in [-0.3, -0.25) is 0 Å². The van der Waals surface area contributed by atoms with Crippen molar-refractivity contribution in [3.8, 4) is 0 Å². The number of rotatable bonds is 5. The van der Waals surface area contributed by atoms with E-state index in [9.17, 15) is 0 Å². The topological polar surface area (TPSA) is 60.2 Å². The summed E-state index contributed by atoms with van der Waals surface area (Å²) in [5.41, 5.74) is 0. The molecule has 5 nitrogen and oxygen atoms in total. The highest BCUT2D eigenvalue weighted by Gasteiger charge is 2.18. The number of hydrogen-bond acceptors (Lipinski definition) is 5. The van der Waals surface area contributed by atoms with Crippen LogP contribution >= 0.6 is 0 Å². The molecule has 1 atom stereocenters. The molecule has 2 heterocycles. The molecule has 0 aromatic carbocycles. The zero-order valence-electron chi connectivity index (χ0n) is 9.03. The van der Waals surface area contributed by atoms with Crippen molar-refractivity contribution >= 4 is 0 Å². The fourth-order valence-electron chi connectivity index (χ4n) is 1.80. The second kappa shape index (κ2) is 5.23. The third-order valence-corrected chi connectivity index (χ3v) is 2.67. The zero-order valence-corrected chi connectivity index (χ0v) is 9.03. The highest BCUT2D eigenvalue weighted by Crippen LogP contribution is 2.13. The van der Waals surface area contributed by atoms with E-state index in [1.807, 2.05) is 0 Å². The molecule has 1 unspecified atom stereocenters. The van der Waals surface area contributed by atoms with Crippen LogP contribution in [0.4, 0.5) is 0 Å². The lowest BCUT2D eigenvalue weighted by atomic mass is 10.1. The number of methoxy groups -OCH3 is 1. The van der Waals surface area contributed by atoms with Crippen LogP contribution in [-0.4, -0.2) is 36.9 Å². The molecule has 1 N–H and O–H groups in total. The highest BCUT2D eigenvalue weighted by atomic mass is 16.5. The molecule has 0 radical (unpaired) electrons. The Morgan fingerprint density at radius 2 is 2.53 bits per heavy atom. The van der Waals surface area contributed by atoms with Crippen molar-refractivity contribution < 1.29 is 9.26 Å². The third kappa shape index (κ3) is 3.00. The van der Waals surface area contributed by atoms with Gasteiger partial charge < -0.3 is 14.6 Å². The van der Waals surface area contributed by atoms with Crippen LogP contribution in [0.2, 0.25) is 0 Å². The van der Waals surface area contributed by atoms with Crippen LogP contribution < -0.4 is 5.32 Å². The number of hydrogen-bond donors (Lipinski definition) is 1. The third-order valence-electron chi connectivity index (χ3n) is 2.67. The van der Waals surface area contributed by atoms with Gasteiger partial charge in [-0.05, 0) is 25.4 Å². The molecule has 1 aliphatic rings. The smallest absolute Gasteiger partial charge is 0.226 e. The summed E-state index contributed by atoms with van der Waals surface area (Å²) in [5.74, 6) is 2.16. The van der Waals surface area contributed by atoms with E-state index in [0.717, 1.165) is 37.6 Å². The van der Waals surface area contributed by atoms with Crippen molar-refractivity contribution in [1.82, 2.24) is 15.5 Å². The maximum absolute atomic E-state index is 5.18. The van der Waals surface area contributed by atoms with Crippen LogP contribution in [0.25, 0.3) is 0 Å². The molecule has 1 aliphatic heterocycles. The Labute approximate surface area is 89.2 Å². The van der Waals surface area contributed by atoms with Gasteiger partial charge in [0.25, 0.3) is 0 Å². The minimum Gasteiger partial charge on any atom is -0.384 e. The molecule has 0 amide bonds. The lowest BCUT2D eigenvalue weighted by Gasteiger charge is -2.01. The first-order valence-electron chi connectivity index (χ1n) is 5.39. The molecule has 0 aliphatic carbocycles. The predicted octanol–water partition coefficient (Wildman–Crippen LogP) is 0.410. The molecule has 2 rings (SSSR count). The van der Waals surface area contributed by atoms with Gasteiger partial charge >= 0.3 is 0 Å². The summed E-state index contributed by atoms with van der Waals surface area (Å²) in [6.07, 6.45) is 2.83. The lowest BCUT2D eigenvalue weighted by molar-refractivity contribution is 0.199. The van der Waals surface area contributed by atoms with Crippen molar-refractivity contribution in [2.24, 2.45) is 5.92 Å². The monoisotopic (exact) mass is 211 g/mol. The van der Waals surface area contributed by atoms with Gasteiger partial charge in [0, 0.05) is 20.0 Å². The van der Waals surface area contributed by atoms with E-state index in [1.54, 1.807) is 7.11 Å². The SMILES string of the molecule is COCCc1noc(CC2CCNC2)n1.